The van der Waals surface area contributed by atoms with Crippen LogP contribution in [0.25, 0.3) is 0 Å². The van der Waals surface area contributed by atoms with Gasteiger partial charge in [0.05, 0.1) is 45.9 Å². The van der Waals surface area contributed by atoms with Crippen LogP contribution in [0.5, 0.6) is 23.0 Å². The molecule has 1 aliphatic carbocycles. The van der Waals surface area contributed by atoms with Crippen molar-refractivity contribution in [2.45, 2.75) is 24.8 Å². The van der Waals surface area contributed by atoms with Gasteiger partial charge < -0.3 is 29.6 Å². The first-order valence-electron chi connectivity index (χ1n) is 11.9. The number of hydrogen-bond donors (Lipinski definition) is 2. The summed E-state index contributed by atoms with van der Waals surface area (Å²) in [6, 6.07) is 19.3. The van der Waals surface area contributed by atoms with E-state index in [1.54, 1.807) is 28.4 Å². The van der Waals surface area contributed by atoms with Gasteiger partial charge in [-0.3, -0.25) is 4.79 Å². The molecule has 7 nitrogen and oxygen atoms in total. The molecular weight excluding hydrogens is 456 g/mol. The van der Waals surface area contributed by atoms with Crippen molar-refractivity contribution < 1.29 is 23.7 Å². The number of carbonyl (C=O) groups is 1. The average Bonchev–Trinajstić information content (AvgIpc) is 3.08. The zero-order chi connectivity index (χ0) is 25.2. The lowest BCUT2D eigenvalue weighted by Gasteiger charge is -2.31. The second-order valence-corrected chi connectivity index (χ2v) is 8.87. The standard InChI is InChI=1S/C29H30N2O5/c1-33-19-9-7-8-17(14-19)18-15-23-26(24(32)16-18)27(31-22-11-6-5-10-21(22)30-23)20-12-13-25(34-2)29(36-4)28(20)35-3/h5-14,18,27,30-31H,15-16H2,1-4H3. The summed E-state index contributed by atoms with van der Waals surface area (Å²) in [4.78, 5) is 13.9. The van der Waals surface area contributed by atoms with Crippen LogP contribution in [-0.4, -0.2) is 34.2 Å². The molecule has 2 atom stereocenters. The van der Waals surface area contributed by atoms with Gasteiger partial charge in [-0.1, -0.05) is 24.3 Å². The molecule has 3 aromatic rings. The zero-order valence-electron chi connectivity index (χ0n) is 20.9. The van der Waals surface area contributed by atoms with Gasteiger partial charge in [-0.15, -0.1) is 0 Å². The van der Waals surface area contributed by atoms with Crippen molar-refractivity contribution in [3.05, 3.63) is 83.1 Å². The molecule has 0 saturated carbocycles. The molecule has 0 radical (unpaired) electrons. The fraction of sp³-hybridized carbons (Fsp3) is 0.276. The van der Waals surface area contributed by atoms with Crippen LogP contribution < -0.4 is 29.6 Å². The van der Waals surface area contributed by atoms with Gasteiger partial charge in [-0.2, -0.15) is 0 Å². The van der Waals surface area contributed by atoms with Gasteiger partial charge in [0.25, 0.3) is 0 Å². The zero-order valence-corrected chi connectivity index (χ0v) is 20.9. The molecule has 5 rings (SSSR count). The van der Waals surface area contributed by atoms with Crippen LogP contribution in [0, 0.1) is 0 Å². The number of carbonyl (C=O) groups excluding carboxylic acids is 1. The third-order valence-corrected chi connectivity index (χ3v) is 6.92. The van der Waals surface area contributed by atoms with E-state index < -0.39 is 6.04 Å². The summed E-state index contributed by atoms with van der Waals surface area (Å²) in [6.45, 7) is 0. The largest absolute Gasteiger partial charge is 0.497 e. The number of ketones is 1. The van der Waals surface area contributed by atoms with Gasteiger partial charge >= 0.3 is 0 Å². The minimum absolute atomic E-state index is 0.0389. The van der Waals surface area contributed by atoms with Gasteiger partial charge in [0.2, 0.25) is 5.75 Å². The summed E-state index contributed by atoms with van der Waals surface area (Å²) in [5.41, 5.74) is 5.32. The monoisotopic (exact) mass is 486 g/mol. The van der Waals surface area contributed by atoms with Crippen molar-refractivity contribution in [3.63, 3.8) is 0 Å². The third kappa shape index (κ3) is 4.11. The molecule has 3 aromatic carbocycles. The molecule has 7 heteroatoms. The maximum absolute atomic E-state index is 13.9. The van der Waals surface area contributed by atoms with E-state index in [2.05, 4.69) is 16.7 Å². The Bertz CT molecular complexity index is 1330. The van der Waals surface area contributed by atoms with Crippen LogP contribution in [0.3, 0.4) is 0 Å². The number of nitrogens with one attached hydrogen (secondary N) is 2. The minimum Gasteiger partial charge on any atom is -0.497 e. The molecule has 0 saturated heterocycles. The highest BCUT2D eigenvalue weighted by atomic mass is 16.5. The molecule has 0 aromatic heterocycles. The molecule has 1 aliphatic heterocycles. The number of allylic oxidation sites excluding steroid dienone is 1. The number of benzene rings is 3. The fourth-order valence-corrected chi connectivity index (χ4v) is 5.21. The number of ether oxygens (including phenoxy) is 4. The van der Waals surface area contributed by atoms with Crippen molar-refractivity contribution in [1.29, 1.82) is 0 Å². The molecule has 0 spiro atoms. The van der Waals surface area contributed by atoms with Crippen molar-refractivity contribution in [1.82, 2.24) is 0 Å². The predicted octanol–water partition coefficient (Wildman–Crippen LogP) is 5.70. The molecule has 186 valence electrons. The SMILES string of the molecule is COc1cccc(C2CC(=O)C3=C(C2)Nc2ccccc2NC3c2ccc(OC)c(OC)c2OC)c1. The van der Waals surface area contributed by atoms with Crippen LogP contribution in [0.2, 0.25) is 0 Å². The molecule has 36 heavy (non-hydrogen) atoms. The molecule has 0 amide bonds. The number of hydrogen-bond acceptors (Lipinski definition) is 7. The highest BCUT2D eigenvalue weighted by Gasteiger charge is 2.38. The Morgan fingerprint density at radius 2 is 1.56 bits per heavy atom. The summed E-state index contributed by atoms with van der Waals surface area (Å²) in [6.07, 6.45) is 1.09. The Morgan fingerprint density at radius 3 is 2.28 bits per heavy atom. The minimum atomic E-state index is -0.440. The number of para-hydroxylation sites is 2. The third-order valence-electron chi connectivity index (χ3n) is 6.92. The maximum atomic E-state index is 13.9. The molecule has 0 bridgehead atoms. The number of anilines is 2. The van der Waals surface area contributed by atoms with Gasteiger partial charge in [0.15, 0.2) is 17.3 Å². The topological polar surface area (TPSA) is 78.1 Å². The van der Waals surface area contributed by atoms with E-state index in [1.807, 2.05) is 54.6 Å². The van der Waals surface area contributed by atoms with Gasteiger partial charge in [0.1, 0.15) is 5.75 Å². The summed E-state index contributed by atoms with van der Waals surface area (Å²) in [5, 5.41) is 7.18. The molecule has 1 heterocycles. The van der Waals surface area contributed by atoms with Crippen molar-refractivity contribution in [2.75, 3.05) is 39.1 Å². The number of methoxy groups -OCH3 is 4. The van der Waals surface area contributed by atoms with Crippen molar-refractivity contribution >= 4 is 17.2 Å². The fourth-order valence-electron chi connectivity index (χ4n) is 5.21. The van der Waals surface area contributed by atoms with Gasteiger partial charge in [-0.05, 0) is 54.3 Å². The van der Waals surface area contributed by atoms with Gasteiger partial charge in [0, 0.05) is 23.3 Å². The lowest BCUT2D eigenvalue weighted by molar-refractivity contribution is -0.116. The van der Waals surface area contributed by atoms with Crippen LogP contribution in [-0.2, 0) is 4.79 Å². The van der Waals surface area contributed by atoms with E-state index in [4.69, 9.17) is 18.9 Å². The van der Waals surface area contributed by atoms with E-state index in [9.17, 15) is 4.79 Å². The van der Waals surface area contributed by atoms with Crippen molar-refractivity contribution in [3.8, 4) is 23.0 Å². The number of rotatable bonds is 6. The molecule has 2 aliphatic rings. The van der Waals surface area contributed by atoms with E-state index in [1.165, 1.54) is 0 Å². The molecular formula is C29H30N2O5. The first-order chi connectivity index (χ1) is 17.6. The van der Waals surface area contributed by atoms with Crippen LogP contribution in [0.4, 0.5) is 11.4 Å². The number of Topliss-reactive ketones (excluding diaryl/α,β-unsaturated/α-hetero) is 1. The van der Waals surface area contributed by atoms with Crippen LogP contribution >= 0.6 is 0 Å². The van der Waals surface area contributed by atoms with Crippen LogP contribution in [0.1, 0.15) is 35.9 Å². The first-order valence-corrected chi connectivity index (χ1v) is 11.9. The second-order valence-electron chi connectivity index (χ2n) is 8.87. The lowest BCUT2D eigenvalue weighted by Crippen LogP contribution is -2.27. The predicted molar refractivity (Wildman–Crippen MR) is 140 cm³/mol. The van der Waals surface area contributed by atoms with E-state index in [0.29, 0.717) is 35.7 Å². The summed E-state index contributed by atoms with van der Waals surface area (Å²) in [7, 11) is 6.42. The number of fused-ring (bicyclic) bond motifs is 1. The smallest absolute Gasteiger partial charge is 0.203 e. The summed E-state index contributed by atoms with van der Waals surface area (Å²) < 4.78 is 22.4. The summed E-state index contributed by atoms with van der Waals surface area (Å²) >= 11 is 0. The van der Waals surface area contributed by atoms with E-state index >= 15 is 0 Å². The first kappa shape index (κ1) is 23.6. The molecule has 2 unspecified atom stereocenters. The Kier molecular flexibility index (Phi) is 6.46. The molecule has 2 N–H and O–H groups in total. The average molecular weight is 487 g/mol. The molecule has 0 fully saturated rings. The van der Waals surface area contributed by atoms with Crippen LogP contribution in [0.15, 0.2) is 71.9 Å². The maximum Gasteiger partial charge on any atom is 0.203 e. The Hall–Kier alpha value is -4.13. The Balaban J connectivity index is 1.65. The highest BCUT2D eigenvalue weighted by molar-refractivity contribution is 6.01. The second kappa shape index (κ2) is 9.85. The Morgan fingerprint density at radius 1 is 0.778 bits per heavy atom. The van der Waals surface area contributed by atoms with E-state index in [-0.39, 0.29) is 11.7 Å². The Labute approximate surface area is 211 Å². The lowest BCUT2D eigenvalue weighted by atomic mass is 9.78. The normalized spacial score (nSPS) is 18.7. The van der Waals surface area contributed by atoms with E-state index in [0.717, 1.165) is 33.9 Å². The van der Waals surface area contributed by atoms with Crippen molar-refractivity contribution in [2.24, 2.45) is 0 Å². The highest BCUT2D eigenvalue weighted by Crippen LogP contribution is 2.49. The quantitative estimate of drug-likeness (QED) is 0.463. The van der Waals surface area contributed by atoms with Gasteiger partial charge in [-0.25, -0.2) is 0 Å². The summed E-state index contributed by atoms with van der Waals surface area (Å²) in [5.74, 6) is 2.49.